The van der Waals surface area contributed by atoms with Crippen LogP contribution in [0.4, 0.5) is 35.1 Å². The predicted molar refractivity (Wildman–Crippen MR) is 99.7 cm³/mol. The molecule has 3 aromatic carbocycles. The number of benzene rings is 3. The zero-order valence-electron chi connectivity index (χ0n) is 16.3. The quantitative estimate of drug-likeness (QED) is 0.438. The van der Waals surface area contributed by atoms with Gasteiger partial charge >= 0.3 is 0 Å². The molecule has 0 unspecified atom stereocenters. The van der Waals surface area contributed by atoms with Gasteiger partial charge in [0.15, 0.2) is 0 Å². The summed E-state index contributed by atoms with van der Waals surface area (Å²) in [5.41, 5.74) is -5.02. The standard InChI is InChI=1S/C21H13BF8O/c1-8-11(23)6-15(27)18(20(8)29)22(17-13(25)4-10(31-3)5-14(17)26)19-16(28)7-12(24)9(2)21(19)30/h4-7H,1-3H3. The largest absolute Gasteiger partial charge is 0.497 e. The van der Waals surface area contributed by atoms with Crippen LogP contribution < -0.4 is 21.1 Å². The van der Waals surface area contributed by atoms with E-state index in [-0.39, 0.29) is 17.9 Å². The summed E-state index contributed by atoms with van der Waals surface area (Å²) < 4.78 is 121. The first kappa shape index (κ1) is 22.6. The van der Waals surface area contributed by atoms with Crippen molar-refractivity contribution in [2.45, 2.75) is 13.8 Å². The van der Waals surface area contributed by atoms with Gasteiger partial charge in [0.25, 0.3) is 6.71 Å². The van der Waals surface area contributed by atoms with Gasteiger partial charge < -0.3 is 4.74 Å². The molecule has 3 aromatic rings. The molecular weight excluding hydrogens is 431 g/mol. The Morgan fingerprint density at radius 3 is 1.26 bits per heavy atom. The number of ether oxygens (including phenoxy) is 1. The Morgan fingerprint density at radius 2 is 0.903 bits per heavy atom. The lowest BCUT2D eigenvalue weighted by atomic mass is 9.35. The lowest BCUT2D eigenvalue weighted by Crippen LogP contribution is -2.59. The van der Waals surface area contributed by atoms with Gasteiger partial charge in [-0.25, -0.2) is 35.1 Å². The first-order chi connectivity index (χ1) is 14.5. The Bertz CT molecular complexity index is 1110. The topological polar surface area (TPSA) is 9.23 Å². The van der Waals surface area contributed by atoms with Crippen molar-refractivity contribution < 1.29 is 39.9 Å². The Hall–Kier alpha value is -3.04. The molecule has 31 heavy (non-hydrogen) atoms. The highest BCUT2D eigenvalue weighted by Crippen LogP contribution is 2.20. The molecule has 0 spiro atoms. The molecule has 3 rings (SSSR count). The van der Waals surface area contributed by atoms with Gasteiger partial charge in [-0.05, 0) is 13.8 Å². The molecule has 0 heterocycles. The maximum Gasteiger partial charge on any atom is 0.264 e. The number of methoxy groups -OCH3 is 1. The summed E-state index contributed by atoms with van der Waals surface area (Å²) in [4.78, 5) is 0. The van der Waals surface area contributed by atoms with Crippen LogP contribution in [-0.2, 0) is 0 Å². The number of halogens is 8. The van der Waals surface area contributed by atoms with E-state index in [0.717, 1.165) is 21.0 Å². The van der Waals surface area contributed by atoms with Crippen LogP contribution in [0.2, 0.25) is 0 Å². The molecule has 0 radical (unpaired) electrons. The van der Waals surface area contributed by atoms with E-state index in [1.54, 1.807) is 0 Å². The van der Waals surface area contributed by atoms with Crippen LogP contribution in [0.3, 0.4) is 0 Å². The fourth-order valence-electron chi connectivity index (χ4n) is 3.33. The minimum Gasteiger partial charge on any atom is -0.497 e. The molecule has 162 valence electrons. The summed E-state index contributed by atoms with van der Waals surface area (Å²) in [7, 11) is 1.09. The van der Waals surface area contributed by atoms with Gasteiger partial charge in [0, 0.05) is 51.8 Å². The van der Waals surface area contributed by atoms with E-state index < -0.39 is 80.8 Å². The summed E-state index contributed by atoms with van der Waals surface area (Å²) in [5, 5.41) is 0. The normalized spacial score (nSPS) is 11.1. The fraction of sp³-hybridized carbons (Fsp3) is 0.143. The second kappa shape index (κ2) is 8.24. The SMILES string of the molecule is COc1cc(F)c(B(c2c(F)cc(F)c(C)c2F)c2c(F)cc(F)c(C)c2F)c(F)c1. The van der Waals surface area contributed by atoms with Gasteiger partial charge in [-0.1, -0.05) is 0 Å². The molecule has 0 atom stereocenters. The zero-order valence-corrected chi connectivity index (χ0v) is 16.3. The van der Waals surface area contributed by atoms with Crippen LogP contribution in [0, 0.1) is 60.4 Å². The molecule has 0 bridgehead atoms. The summed E-state index contributed by atoms with van der Waals surface area (Å²) in [5.74, 6) is -12.3. The minimum absolute atomic E-state index is 0.228. The van der Waals surface area contributed by atoms with Crippen molar-refractivity contribution >= 4 is 23.1 Å². The number of hydrogen-bond acceptors (Lipinski definition) is 1. The van der Waals surface area contributed by atoms with Crippen LogP contribution in [0.15, 0.2) is 24.3 Å². The predicted octanol–water partition coefficient (Wildman–Crippen LogP) is 3.94. The lowest BCUT2D eigenvalue weighted by Gasteiger charge is -2.21. The summed E-state index contributed by atoms with van der Waals surface area (Å²) in [6.45, 7) is -0.563. The molecule has 0 saturated heterocycles. The van der Waals surface area contributed by atoms with E-state index in [0.29, 0.717) is 12.1 Å². The zero-order chi connectivity index (χ0) is 23.2. The second-order valence-electron chi connectivity index (χ2n) is 6.82. The van der Waals surface area contributed by atoms with Gasteiger partial charge in [-0.15, -0.1) is 0 Å². The third-order valence-corrected chi connectivity index (χ3v) is 5.02. The van der Waals surface area contributed by atoms with Crippen LogP contribution in [0.5, 0.6) is 5.75 Å². The van der Waals surface area contributed by atoms with E-state index in [1.165, 1.54) is 0 Å². The number of rotatable bonds is 4. The van der Waals surface area contributed by atoms with E-state index in [1.807, 2.05) is 0 Å². The summed E-state index contributed by atoms with van der Waals surface area (Å²) in [6, 6.07) is 1.74. The maximum absolute atomic E-state index is 14.9. The lowest BCUT2D eigenvalue weighted by molar-refractivity contribution is 0.407. The first-order valence-corrected chi connectivity index (χ1v) is 8.80. The van der Waals surface area contributed by atoms with E-state index in [9.17, 15) is 35.1 Å². The third-order valence-electron chi connectivity index (χ3n) is 5.02. The number of hydrogen-bond donors (Lipinski definition) is 0. The average molecular weight is 444 g/mol. The highest BCUT2D eigenvalue weighted by molar-refractivity contribution is 6.95. The van der Waals surface area contributed by atoms with Crippen LogP contribution in [-0.4, -0.2) is 13.8 Å². The van der Waals surface area contributed by atoms with Crippen LogP contribution >= 0.6 is 0 Å². The van der Waals surface area contributed by atoms with Crippen molar-refractivity contribution in [3.63, 3.8) is 0 Å². The Balaban J connectivity index is 2.51. The smallest absolute Gasteiger partial charge is 0.264 e. The van der Waals surface area contributed by atoms with E-state index >= 15 is 0 Å². The van der Waals surface area contributed by atoms with Crippen molar-refractivity contribution in [1.29, 1.82) is 0 Å². The van der Waals surface area contributed by atoms with E-state index in [2.05, 4.69) is 0 Å². The summed E-state index contributed by atoms with van der Waals surface area (Å²) in [6.07, 6.45) is 0. The Kier molecular flexibility index (Phi) is 6.02. The van der Waals surface area contributed by atoms with Gasteiger partial charge in [0.05, 0.1) is 7.11 Å². The molecule has 0 saturated carbocycles. The molecule has 0 aliphatic heterocycles. The minimum atomic E-state index is -2.38. The highest BCUT2D eigenvalue weighted by Gasteiger charge is 2.39. The monoisotopic (exact) mass is 444 g/mol. The molecule has 1 nitrogen and oxygen atoms in total. The van der Waals surface area contributed by atoms with Crippen molar-refractivity contribution in [1.82, 2.24) is 0 Å². The van der Waals surface area contributed by atoms with E-state index in [4.69, 9.17) is 4.74 Å². The van der Waals surface area contributed by atoms with Crippen molar-refractivity contribution in [2.75, 3.05) is 7.11 Å². The highest BCUT2D eigenvalue weighted by atomic mass is 19.2. The molecule has 0 amide bonds. The van der Waals surface area contributed by atoms with Crippen LogP contribution in [0.1, 0.15) is 11.1 Å². The molecule has 0 aliphatic rings. The van der Waals surface area contributed by atoms with Gasteiger partial charge in [0.1, 0.15) is 52.3 Å². The molecule has 0 N–H and O–H groups in total. The molecular formula is C21H13BF8O. The Labute approximate surface area is 172 Å². The molecule has 0 aromatic heterocycles. The molecule has 10 heteroatoms. The average Bonchev–Trinajstić information content (AvgIpc) is 2.69. The van der Waals surface area contributed by atoms with Crippen molar-refractivity contribution in [3.8, 4) is 5.75 Å². The molecule has 0 fully saturated rings. The van der Waals surface area contributed by atoms with Crippen molar-refractivity contribution in [3.05, 3.63) is 81.9 Å². The third kappa shape index (κ3) is 3.75. The Morgan fingerprint density at radius 1 is 0.548 bits per heavy atom. The molecule has 0 aliphatic carbocycles. The second-order valence-corrected chi connectivity index (χ2v) is 6.82. The fourth-order valence-corrected chi connectivity index (χ4v) is 3.33. The van der Waals surface area contributed by atoms with Crippen LogP contribution in [0.25, 0.3) is 0 Å². The van der Waals surface area contributed by atoms with Crippen molar-refractivity contribution in [2.24, 2.45) is 0 Å². The first-order valence-electron chi connectivity index (χ1n) is 8.80. The summed E-state index contributed by atoms with van der Waals surface area (Å²) >= 11 is 0. The maximum atomic E-state index is 14.9. The van der Waals surface area contributed by atoms with Gasteiger partial charge in [-0.3, -0.25) is 0 Å². The van der Waals surface area contributed by atoms with Gasteiger partial charge in [-0.2, -0.15) is 0 Å². The van der Waals surface area contributed by atoms with Gasteiger partial charge in [0.2, 0.25) is 0 Å².